The number of aryl methyl sites for hydroxylation is 1. The molecule has 1 heterocycles. The van der Waals surface area contributed by atoms with E-state index in [2.05, 4.69) is 17.4 Å². The van der Waals surface area contributed by atoms with E-state index < -0.39 is 0 Å². The first-order valence-corrected chi connectivity index (χ1v) is 11.0. The minimum Gasteiger partial charge on any atom is -0.497 e. The normalized spacial score (nSPS) is 16.6. The van der Waals surface area contributed by atoms with Gasteiger partial charge in [-0.3, -0.25) is 4.79 Å². The molecule has 0 spiro atoms. The largest absolute Gasteiger partial charge is 0.497 e. The Kier molecular flexibility index (Phi) is 6.54. The standard InChI is InChI=1S/C25H31NO5/c1-28-20-7-9-21(29-2)18(15-20)5-10-24(27)26-17-25(11-3-4-12-25)19-6-8-22-23(16-19)31-14-13-30-22/h6-9,15-16H,3-5,10-14,17H2,1-2H3,(H,26,27). The van der Waals surface area contributed by atoms with Crippen LogP contribution in [0.25, 0.3) is 0 Å². The highest BCUT2D eigenvalue weighted by molar-refractivity contribution is 5.76. The maximum absolute atomic E-state index is 12.7. The second kappa shape index (κ2) is 9.50. The maximum Gasteiger partial charge on any atom is 0.220 e. The van der Waals surface area contributed by atoms with Gasteiger partial charge in [-0.25, -0.2) is 0 Å². The summed E-state index contributed by atoms with van der Waals surface area (Å²) in [4.78, 5) is 12.7. The third-order valence-corrected chi connectivity index (χ3v) is 6.45. The molecule has 2 aromatic rings. The van der Waals surface area contributed by atoms with E-state index in [1.54, 1.807) is 14.2 Å². The average Bonchev–Trinajstić information content (AvgIpc) is 3.31. The Morgan fingerprint density at radius 2 is 1.77 bits per heavy atom. The van der Waals surface area contributed by atoms with Crippen molar-refractivity contribution in [1.82, 2.24) is 5.32 Å². The second-order valence-corrected chi connectivity index (χ2v) is 8.30. The second-order valence-electron chi connectivity index (χ2n) is 8.30. The van der Waals surface area contributed by atoms with Gasteiger partial charge < -0.3 is 24.3 Å². The molecule has 4 rings (SSSR count). The fraction of sp³-hybridized carbons (Fsp3) is 0.480. The Hall–Kier alpha value is -2.89. The van der Waals surface area contributed by atoms with Crippen LogP contribution in [0.1, 0.15) is 43.2 Å². The van der Waals surface area contributed by atoms with Gasteiger partial charge in [-0.2, -0.15) is 0 Å². The van der Waals surface area contributed by atoms with Crippen LogP contribution in [-0.2, 0) is 16.6 Å². The van der Waals surface area contributed by atoms with Crippen molar-refractivity contribution in [2.45, 2.75) is 43.9 Å². The van der Waals surface area contributed by atoms with Crippen molar-refractivity contribution in [2.24, 2.45) is 0 Å². The number of benzene rings is 2. The first kappa shape index (κ1) is 21.3. The van der Waals surface area contributed by atoms with Gasteiger partial charge in [0.15, 0.2) is 11.5 Å². The topological polar surface area (TPSA) is 66.0 Å². The number of hydrogen-bond donors (Lipinski definition) is 1. The van der Waals surface area contributed by atoms with Crippen molar-refractivity contribution >= 4 is 5.91 Å². The molecule has 0 aromatic heterocycles. The number of methoxy groups -OCH3 is 2. The average molecular weight is 426 g/mol. The van der Waals surface area contributed by atoms with Gasteiger partial charge in [0.2, 0.25) is 5.91 Å². The summed E-state index contributed by atoms with van der Waals surface area (Å²) in [5.74, 6) is 3.21. The minimum atomic E-state index is -0.0425. The van der Waals surface area contributed by atoms with Crippen molar-refractivity contribution in [3.05, 3.63) is 47.5 Å². The number of carbonyl (C=O) groups excluding carboxylic acids is 1. The zero-order valence-electron chi connectivity index (χ0n) is 18.4. The number of amides is 1. The Bertz CT molecular complexity index is 920. The molecule has 1 N–H and O–H groups in total. The summed E-state index contributed by atoms with van der Waals surface area (Å²) < 4.78 is 22.2. The summed E-state index contributed by atoms with van der Waals surface area (Å²) in [7, 11) is 3.28. The van der Waals surface area contributed by atoms with Crippen LogP contribution >= 0.6 is 0 Å². The molecule has 31 heavy (non-hydrogen) atoms. The fourth-order valence-corrected chi connectivity index (χ4v) is 4.67. The van der Waals surface area contributed by atoms with Gasteiger partial charge in [0.05, 0.1) is 14.2 Å². The van der Waals surface area contributed by atoms with Gasteiger partial charge >= 0.3 is 0 Å². The van der Waals surface area contributed by atoms with Gasteiger partial charge in [-0.15, -0.1) is 0 Å². The molecule has 1 aliphatic heterocycles. The van der Waals surface area contributed by atoms with Crippen LogP contribution in [0, 0.1) is 0 Å². The molecule has 1 amide bonds. The molecule has 1 fully saturated rings. The number of rotatable bonds is 8. The highest BCUT2D eigenvalue weighted by atomic mass is 16.6. The van der Waals surface area contributed by atoms with Crippen LogP contribution in [0.5, 0.6) is 23.0 Å². The molecule has 1 saturated carbocycles. The van der Waals surface area contributed by atoms with Gasteiger partial charge in [-0.1, -0.05) is 18.9 Å². The van der Waals surface area contributed by atoms with Crippen LogP contribution in [0.4, 0.5) is 0 Å². The lowest BCUT2D eigenvalue weighted by atomic mass is 9.78. The van der Waals surface area contributed by atoms with E-state index in [0.29, 0.717) is 32.6 Å². The molecule has 6 heteroatoms. The quantitative estimate of drug-likeness (QED) is 0.692. The smallest absolute Gasteiger partial charge is 0.220 e. The summed E-state index contributed by atoms with van der Waals surface area (Å²) >= 11 is 0. The maximum atomic E-state index is 12.7. The lowest BCUT2D eigenvalue weighted by Gasteiger charge is -2.31. The summed E-state index contributed by atoms with van der Waals surface area (Å²) in [6, 6.07) is 11.9. The zero-order chi connectivity index (χ0) is 21.7. The predicted octanol–water partition coefficient (Wildman–Crippen LogP) is 4.04. The van der Waals surface area contributed by atoms with E-state index >= 15 is 0 Å². The lowest BCUT2D eigenvalue weighted by Crippen LogP contribution is -2.39. The van der Waals surface area contributed by atoms with Crippen molar-refractivity contribution in [2.75, 3.05) is 34.0 Å². The molecule has 0 unspecified atom stereocenters. The third kappa shape index (κ3) is 4.73. The monoisotopic (exact) mass is 425 g/mol. The van der Waals surface area contributed by atoms with Gasteiger partial charge in [0.1, 0.15) is 24.7 Å². The summed E-state index contributed by atoms with van der Waals surface area (Å²) in [6.07, 6.45) is 5.48. The molecule has 2 aromatic carbocycles. The molecular formula is C25H31NO5. The Morgan fingerprint density at radius 3 is 2.52 bits per heavy atom. The van der Waals surface area contributed by atoms with Gasteiger partial charge in [0, 0.05) is 18.4 Å². The Balaban J connectivity index is 1.40. The van der Waals surface area contributed by atoms with Crippen molar-refractivity contribution in [3.63, 3.8) is 0 Å². The van der Waals surface area contributed by atoms with Crippen molar-refractivity contribution in [1.29, 1.82) is 0 Å². The molecule has 0 atom stereocenters. The lowest BCUT2D eigenvalue weighted by molar-refractivity contribution is -0.121. The molecular weight excluding hydrogens is 394 g/mol. The SMILES string of the molecule is COc1ccc(OC)c(CCC(=O)NCC2(c3ccc4c(c3)OCCO4)CCCC2)c1. The summed E-state index contributed by atoms with van der Waals surface area (Å²) in [5.41, 5.74) is 2.16. The third-order valence-electron chi connectivity index (χ3n) is 6.45. The molecule has 0 bridgehead atoms. The van der Waals surface area contributed by atoms with E-state index in [4.69, 9.17) is 18.9 Å². The Labute approximate surface area is 183 Å². The highest BCUT2D eigenvalue weighted by Gasteiger charge is 2.36. The van der Waals surface area contributed by atoms with E-state index in [1.807, 2.05) is 24.3 Å². The molecule has 2 aliphatic rings. The first-order valence-electron chi connectivity index (χ1n) is 11.0. The van der Waals surface area contributed by atoms with E-state index in [1.165, 1.54) is 18.4 Å². The number of ether oxygens (including phenoxy) is 4. The number of hydrogen-bond acceptors (Lipinski definition) is 5. The van der Waals surface area contributed by atoms with Crippen LogP contribution in [0.2, 0.25) is 0 Å². The summed E-state index contributed by atoms with van der Waals surface area (Å²) in [5, 5.41) is 3.20. The van der Waals surface area contributed by atoms with Gasteiger partial charge in [-0.05, 0) is 60.7 Å². The molecule has 1 aliphatic carbocycles. The minimum absolute atomic E-state index is 0.0425. The Morgan fingerprint density at radius 1 is 1.00 bits per heavy atom. The fourth-order valence-electron chi connectivity index (χ4n) is 4.67. The van der Waals surface area contributed by atoms with E-state index in [-0.39, 0.29) is 11.3 Å². The first-order chi connectivity index (χ1) is 15.1. The predicted molar refractivity (Wildman–Crippen MR) is 118 cm³/mol. The number of nitrogens with one attached hydrogen (secondary N) is 1. The van der Waals surface area contributed by atoms with E-state index in [0.717, 1.165) is 41.4 Å². The molecule has 0 saturated heterocycles. The van der Waals surface area contributed by atoms with Gasteiger partial charge in [0.25, 0.3) is 0 Å². The van der Waals surface area contributed by atoms with Crippen molar-refractivity contribution in [3.8, 4) is 23.0 Å². The highest BCUT2D eigenvalue weighted by Crippen LogP contribution is 2.43. The van der Waals surface area contributed by atoms with Crippen LogP contribution in [0.15, 0.2) is 36.4 Å². The van der Waals surface area contributed by atoms with E-state index in [9.17, 15) is 4.79 Å². The van der Waals surface area contributed by atoms with Crippen LogP contribution in [0.3, 0.4) is 0 Å². The van der Waals surface area contributed by atoms with Crippen molar-refractivity contribution < 1.29 is 23.7 Å². The molecule has 6 nitrogen and oxygen atoms in total. The number of carbonyl (C=O) groups is 1. The van der Waals surface area contributed by atoms with Crippen LogP contribution in [-0.4, -0.2) is 39.9 Å². The molecule has 166 valence electrons. The zero-order valence-corrected chi connectivity index (χ0v) is 18.4. The summed E-state index contributed by atoms with van der Waals surface area (Å²) in [6.45, 7) is 1.81. The van der Waals surface area contributed by atoms with Crippen LogP contribution < -0.4 is 24.3 Å². The number of fused-ring (bicyclic) bond motifs is 1. The molecule has 0 radical (unpaired) electrons.